The van der Waals surface area contributed by atoms with Crippen molar-refractivity contribution in [2.45, 2.75) is 17.9 Å². The molecule has 2 N–H and O–H groups in total. The fraction of sp³-hybridized carbons (Fsp3) is 0.235. The first-order chi connectivity index (χ1) is 10.0. The summed E-state index contributed by atoms with van der Waals surface area (Å²) in [5, 5.41) is 12.7. The van der Waals surface area contributed by atoms with Gasteiger partial charge in [0.25, 0.3) is 5.91 Å². The zero-order chi connectivity index (χ0) is 15.3. The van der Waals surface area contributed by atoms with Crippen molar-refractivity contribution in [2.24, 2.45) is 0 Å². The van der Waals surface area contributed by atoms with Crippen LogP contribution in [0.3, 0.4) is 0 Å². The lowest BCUT2D eigenvalue weighted by atomic mass is 9.92. The second-order valence-corrected chi connectivity index (χ2v) is 5.58. The maximum absolute atomic E-state index is 12.0. The van der Waals surface area contributed by atoms with Gasteiger partial charge in [-0.05, 0) is 24.6 Å². The highest BCUT2D eigenvalue weighted by Gasteiger charge is 2.32. The van der Waals surface area contributed by atoms with Crippen LogP contribution in [0.4, 0.5) is 0 Å². The molecule has 3 nitrogen and oxygen atoms in total. The first kappa shape index (κ1) is 15.5. The number of carbonyl (C=O) groups is 1. The molecule has 0 aliphatic heterocycles. The van der Waals surface area contributed by atoms with Crippen molar-refractivity contribution in [3.63, 3.8) is 0 Å². The second-order valence-electron chi connectivity index (χ2n) is 5.06. The molecule has 2 aromatic carbocycles. The summed E-state index contributed by atoms with van der Waals surface area (Å²) >= 11 is 6.27. The first-order valence-electron chi connectivity index (χ1n) is 6.77. The largest absolute Gasteiger partial charge is 0.384 e. The van der Waals surface area contributed by atoms with Gasteiger partial charge in [0.2, 0.25) is 0 Å². The number of nitrogens with one attached hydrogen (secondary N) is 1. The fourth-order valence-corrected chi connectivity index (χ4v) is 2.23. The molecule has 21 heavy (non-hydrogen) atoms. The Kier molecular flexibility index (Phi) is 4.99. The summed E-state index contributed by atoms with van der Waals surface area (Å²) in [7, 11) is 0. The quantitative estimate of drug-likeness (QED) is 0.834. The van der Waals surface area contributed by atoms with Crippen molar-refractivity contribution in [1.29, 1.82) is 0 Å². The van der Waals surface area contributed by atoms with Gasteiger partial charge in [-0.15, -0.1) is 11.6 Å². The molecule has 0 saturated carbocycles. The molecule has 0 bridgehead atoms. The van der Waals surface area contributed by atoms with Gasteiger partial charge < -0.3 is 10.4 Å². The molecule has 0 heterocycles. The van der Waals surface area contributed by atoms with E-state index in [1.165, 1.54) is 0 Å². The Hall–Kier alpha value is -1.84. The Balaban J connectivity index is 1.98. The van der Waals surface area contributed by atoms with Crippen LogP contribution in [0, 0.1) is 0 Å². The fourth-order valence-electron chi connectivity index (χ4n) is 2.03. The Morgan fingerprint density at radius 3 is 2.24 bits per heavy atom. The lowest BCUT2D eigenvalue weighted by molar-refractivity contribution is 0.0515. The maximum atomic E-state index is 12.0. The summed E-state index contributed by atoms with van der Waals surface area (Å²) in [6, 6.07) is 18.1. The Bertz CT molecular complexity index is 584. The van der Waals surface area contributed by atoms with E-state index < -0.39 is 11.0 Å². The molecule has 2 aromatic rings. The van der Waals surface area contributed by atoms with Crippen molar-refractivity contribution in [3.8, 4) is 0 Å². The molecule has 0 saturated heterocycles. The number of aliphatic hydroxyl groups is 1. The molecular weight excluding hydrogens is 286 g/mol. The summed E-state index contributed by atoms with van der Waals surface area (Å²) in [4.78, 5) is 12.0. The van der Waals surface area contributed by atoms with Gasteiger partial charge in [-0.2, -0.15) is 0 Å². The van der Waals surface area contributed by atoms with Crippen LogP contribution < -0.4 is 5.32 Å². The Morgan fingerprint density at radius 1 is 1.14 bits per heavy atom. The number of rotatable bonds is 5. The molecule has 0 aliphatic rings. The van der Waals surface area contributed by atoms with Crippen molar-refractivity contribution in [1.82, 2.24) is 5.32 Å². The molecule has 0 fully saturated rings. The van der Waals surface area contributed by atoms with Crippen LogP contribution in [0.5, 0.6) is 0 Å². The highest BCUT2D eigenvalue weighted by Crippen LogP contribution is 2.27. The summed E-state index contributed by atoms with van der Waals surface area (Å²) in [5.74, 6) is -0.204. The molecular formula is C17H18ClNO2. The second kappa shape index (κ2) is 6.74. The van der Waals surface area contributed by atoms with Gasteiger partial charge in [0.15, 0.2) is 0 Å². The van der Waals surface area contributed by atoms with Crippen LogP contribution in [0.2, 0.25) is 0 Å². The van der Waals surface area contributed by atoms with Crippen LogP contribution in [0.1, 0.15) is 22.8 Å². The van der Waals surface area contributed by atoms with E-state index in [4.69, 9.17) is 11.6 Å². The van der Waals surface area contributed by atoms with E-state index in [0.717, 1.165) is 5.56 Å². The number of benzene rings is 2. The highest BCUT2D eigenvalue weighted by atomic mass is 35.5. The van der Waals surface area contributed by atoms with Crippen molar-refractivity contribution >= 4 is 17.5 Å². The number of hydrogen-bond acceptors (Lipinski definition) is 2. The molecule has 110 valence electrons. The molecule has 4 heteroatoms. The van der Waals surface area contributed by atoms with Gasteiger partial charge in [-0.3, -0.25) is 4.79 Å². The third kappa shape index (κ3) is 3.84. The van der Waals surface area contributed by atoms with Crippen LogP contribution >= 0.6 is 11.6 Å². The normalized spacial score (nSPS) is 15.0. The molecule has 0 spiro atoms. The van der Waals surface area contributed by atoms with E-state index in [1.54, 1.807) is 31.2 Å². The summed E-state index contributed by atoms with van der Waals surface area (Å²) in [6.45, 7) is 1.83. The third-order valence-electron chi connectivity index (χ3n) is 3.45. The van der Waals surface area contributed by atoms with E-state index >= 15 is 0 Å². The van der Waals surface area contributed by atoms with Gasteiger partial charge in [0.1, 0.15) is 5.60 Å². The highest BCUT2D eigenvalue weighted by molar-refractivity contribution is 6.21. The lowest BCUT2D eigenvalue weighted by Gasteiger charge is -2.29. The van der Waals surface area contributed by atoms with Gasteiger partial charge in [-0.25, -0.2) is 0 Å². The average Bonchev–Trinajstić information content (AvgIpc) is 2.53. The SMILES string of the molecule is CC(O)(c1ccccc1)C(Cl)CNC(=O)c1ccccc1. The third-order valence-corrected chi connectivity index (χ3v) is 4.03. The van der Waals surface area contributed by atoms with Gasteiger partial charge in [0.05, 0.1) is 5.38 Å². The van der Waals surface area contributed by atoms with Gasteiger partial charge >= 0.3 is 0 Å². The molecule has 0 aliphatic carbocycles. The number of hydrogen-bond donors (Lipinski definition) is 2. The summed E-state index contributed by atoms with van der Waals surface area (Å²) in [5.41, 5.74) is 0.0759. The zero-order valence-corrected chi connectivity index (χ0v) is 12.5. The predicted octanol–water partition coefficient (Wildman–Crippen LogP) is 2.93. The van der Waals surface area contributed by atoms with E-state index in [-0.39, 0.29) is 12.5 Å². The number of halogens is 1. The van der Waals surface area contributed by atoms with E-state index in [2.05, 4.69) is 5.32 Å². The smallest absolute Gasteiger partial charge is 0.251 e. The molecule has 2 atom stereocenters. The van der Waals surface area contributed by atoms with E-state index in [9.17, 15) is 9.90 Å². The van der Waals surface area contributed by atoms with Crippen LogP contribution in [0.25, 0.3) is 0 Å². The van der Waals surface area contributed by atoms with Crippen molar-refractivity contribution in [2.75, 3.05) is 6.54 Å². The monoisotopic (exact) mass is 303 g/mol. The lowest BCUT2D eigenvalue weighted by Crippen LogP contribution is -2.41. The Labute approximate surface area is 129 Å². The van der Waals surface area contributed by atoms with Gasteiger partial charge in [0, 0.05) is 12.1 Å². The number of amides is 1. The minimum absolute atomic E-state index is 0.178. The van der Waals surface area contributed by atoms with Crippen molar-refractivity contribution < 1.29 is 9.90 Å². The maximum Gasteiger partial charge on any atom is 0.251 e. The average molecular weight is 304 g/mol. The minimum Gasteiger partial charge on any atom is -0.384 e. The number of alkyl halides is 1. The first-order valence-corrected chi connectivity index (χ1v) is 7.20. The van der Waals surface area contributed by atoms with Crippen LogP contribution in [-0.2, 0) is 5.60 Å². The molecule has 0 radical (unpaired) electrons. The summed E-state index contributed by atoms with van der Waals surface area (Å²) < 4.78 is 0. The van der Waals surface area contributed by atoms with Crippen molar-refractivity contribution in [3.05, 3.63) is 71.8 Å². The molecule has 2 unspecified atom stereocenters. The van der Waals surface area contributed by atoms with E-state index in [1.807, 2.05) is 36.4 Å². The zero-order valence-electron chi connectivity index (χ0n) is 11.8. The minimum atomic E-state index is -1.22. The van der Waals surface area contributed by atoms with Crippen LogP contribution in [0.15, 0.2) is 60.7 Å². The topological polar surface area (TPSA) is 49.3 Å². The predicted molar refractivity (Wildman–Crippen MR) is 84.4 cm³/mol. The molecule has 0 aromatic heterocycles. The van der Waals surface area contributed by atoms with Crippen LogP contribution in [-0.4, -0.2) is 22.9 Å². The molecule has 1 amide bonds. The summed E-state index contributed by atoms with van der Waals surface area (Å²) in [6.07, 6.45) is 0. The number of carbonyl (C=O) groups excluding carboxylic acids is 1. The molecule has 2 rings (SSSR count). The standard InChI is InChI=1S/C17H18ClNO2/c1-17(21,14-10-6-3-7-11-14)15(18)12-19-16(20)13-8-4-2-5-9-13/h2-11,15,21H,12H2,1H3,(H,19,20). The van der Waals surface area contributed by atoms with E-state index in [0.29, 0.717) is 5.56 Å². The van der Waals surface area contributed by atoms with Gasteiger partial charge in [-0.1, -0.05) is 48.5 Å². The Morgan fingerprint density at radius 2 is 1.67 bits per heavy atom.